The van der Waals surface area contributed by atoms with Gasteiger partial charge in [-0.2, -0.15) is 0 Å². The van der Waals surface area contributed by atoms with Crippen molar-refractivity contribution in [1.29, 1.82) is 0 Å². The fourth-order valence-corrected chi connectivity index (χ4v) is 2.99. The van der Waals surface area contributed by atoms with Crippen LogP contribution in [-0.4, -0.2) is 39.4 Å². The molecule has 0 spiro atoms. The molecule has 25 heavy (non-hydrogen) atoms. The topological polar surface area (TPSA) is 39.5 Å². The maximum Gasteiger partial charge on any atom is 0.127 e. The molecule has 0 radical (unpaired) electrons. The average molecular weight is 346 g/mol. The maximum atomic E-state index is 12.9. The number of nitrogens with two attached hydrogens (primary N) is 1. The van der Waals surface area contributed by atoms with Crippen LogP contribution < -0.4 is 15.0 Å². The number of quaternary nitrogens is 2. The average Bonchev–Trinajstić information content (AvgIpc) is 2.66. The van der Waals surface area contributed by atoms with Crippen molar-refractivity contribution in [3.8, 4) is 5.75 Å². The molecule has 0 atom stereocenters. The molecule has 3 rings (SSSR count). The fraction of sp³-hybridized carbons (Fsp3) is 0.400. The first-order chi connectivity index (χ1) is 12.3. The lowest BCUT2D eigenvalue weighted by molar-refractivity contribution is -0.920. The van der Waals surface area contributed by atoms with E-state index in [4.69, 9.17) is 9.47 Å². The Hall–Kier alpha value is -1.95. The predicted molar refractivity (Wildman–Crippen MR) is 94.1 cm³/mol. The zero-order valence-electron chi connectivity index (χ0n) is 14.5. The number of rotatable bonds is 8. The van der Waals surface area contributed by atoms with E-state index in [1.165, 1.54) is 24.2 Å². The highest BCUT2D eigenvalue weighted by molar-refractivity contribution is 5.28. The summed E-state index contributed by atoms with van der Waals surface area (Å²) in [5, 5.41) is 2.35. The molecular weight excluding hydrogens is 319 g/mol. The third-order valence-electron chi connectivity index (χ3n) is 4.50. The highest BCUT2D eigenvalue weighted by Crippen LogP contribution is 2.15. The van der Waals surface area contributed by atoms with Crippen LogP contribution in [0.15, 0.2) is 48.5 Å². The van der Waals surface area contributed by atoms with Crippen molar-refractivity contribution in [3.63, 3.8) is 0 Å². The summed E-state index contributed by atoms with van der Waals surface area (Å²) in [5.41, 5.74) is 2.22. The van der Waals surface area contributed by atoms with E-state index in [1.54, 1.807) is 17.0 Å². The molecule has 2 aromatic carbocycles. The molecule has 1 aliphatic rings. The third-order valence-corrected chi connectivity index (χ3v) is 4.50. The molecule has 1 saturated heterocycles. The molecule has 1 heterocycles. The van der Waals surface area contributed by atoms with Gasteiger partial charge in [-0.1, -0.05) is 24.3 Å². The van der Waals surface area contributed by atoms with Crippen LogP contribution in [-0.2, 0) is 17.9 Å². The minimum absolute atomic E-state index is 0.222. The number of halogens is 1. The molecule has 4 nitrogen and oxygen atoms in total. The lowest BCUT2D eigenvalue weighted by Gasteiger charge is -2.22. The highest BCUT2D eigenvalue weighted by Gasteiger charge is 2.13. The molecule has 1 fully saturated rings. The molecule has 0 amide bonds. The van der Waals surface area contributed by atoms with Gasteiger partial charge in [0, 0.05) is 5.56 Å². The first kappa shape index (κ1) is 17.9. The van der Waals surface area contributed by atoms with Crippen LogP contribution >= 0.6 is 0 Å². The van der Waals surface area contributed by atoms with Gasteiger partial charge < -0.3 is 19.7 Å². The first-order valence-corrected chi connectivity index (χ1v) is 8.99. The predicted octanol–water partition coefficient (Wildman–Crippen LogP) is 0.383. The lowest BCUT2D eigenvalue weighted by atomic mass is 10.2. The van der Waals surface area contributed by atoms with Crippen LogP contribution in [0.3, 0.4) is 0 Å². The summed E-state index contributed by atoms with van der Waals surface area (Å²) in [7, 11) is 0. The smallest absolute Gasteiger partial charge is 0.127 e. The Balaban J connectivity index is 1.40. The van der Waals surface area contributed by atoms with Crippen molar-refractivity contribution in [2.75, 3.05) is 39.4 Å². The number of benzene rings is 2. The zero-order chi connectivity index (χ0) is 17.3. The van der Waals surface area contributed by atoms with Crippen LogP contribution in [0.1, 0.15) is 11.1 Å². The van der Waals surface area contributed by atoms with E-state index in [1.807, 2.05) is 12.1 Å². The maximum absolute atomic E-state index is 12.9. The largest absolute Gasteiger partial charge is 0.489 e. The van der Waals surface area contributed by atoms with Crippen LogP contribution in [0, 0.1) is 5.82 Å². The lowest BCUT2D eigenvalue weighted by Crippen LogP contribution is -3.16. The molecule has 0 saturated carbocycles. The fourth-order valence-electron chi connectivity index (χ4n) is 2.99. The van der Waals surface area contributed by atoms with Gasteiger partial charge in [0.1, 0.15) is 50.9 Å². The van der Waals surface area contributed by atoms with Gasteiger partial charge in [0.05, 0.1) is 13.2 Å². The van der Waals surface area contributed by atoms with Crippen molar-refractivity contribution < 1.29 is 24.1 Å². The van der Waals surface area contributed by atoms with Crippen LogP contribution in [0.4, 0.5) is 4.39 Å². The van der Waals surface area contributed by atoms with Crippen molar-refractivity contribution in [1.82, 2.24) is 0 Å². The Morgan fingerprint density at radius 2 is 1.84 bits per heavy atom. The Morgan fingerprint density at radius 3 is 2.64 bits per heavy atom. The molecule has 0 bridgehead atoms. The summed E-state index contributed by atoms with van der Waals surface area (Å²) in [6.07, 6.45) is 0. The Labute approximate surface area is 148 Å². The summed E-state index contributed by atoms with van der Waals surface area (Å²) in [6.45, 7) is 7.75. The quantitative estimate of drug-likeness (QED) is 0.679. The van der Waals surface area contributed by atoms with Crippen molar-refractivity contribution in [2.45, 2.75) is 13.2 Å². The molecular formula is C20H27FN2O2+2. The van der Waals surface area contributed by atoms with Gasteiger partial charge in [-0.25, -0.2) is 4.39 Å². The highest BCUT2D eigenvalue weighted by atomic mass is 19.1. The molecule has 3 N–H and O–H groups in total. The van der Waals surface area contributed by atoms with E-state index in [0.717, 1.165) is 50.7 Å². The standard InChI is InChI=1S/C20H25FN2O2/c21-19-6-4-17(5-7-19)16-25-20-3-1-2-18(14-20)15-22-8-9-23-10-12-24-13-11-23/h1-7,14,22H,8-13,15-16H2/p+2. The Morgan fingerprint density at radius 1 is 1.04 bits per heavy atom. The van der Waals surface area contributed by atoms with E-state index in [2.05, 4.69) is 17.4 Å². The Bertz CT molecular complexity index is 642. The second-order valence-corrected chi connectivity index (χ2v) is 6.46. The van der Waals surface area contributed by atoms with Gasteiger partial charge in [-0.05, 0) is 29.8 Å². The molecule has 1 aliphatic heterocycles. The molecule has 134 valence electrons. The zero-order valence-corrected chi connectivity index (χ0v) is 14.5. The second-order valence-electron chi connectivity index (χ2n) is 6.46. The molecule has 2 aromatic rings. The van der Waals surface area contributed by atoms with Crippen LogP contribution in [0.2, 0.25) is 0 Å². The summed E-state index contributed by atoms with van der Waals surface area (Å²) < 4.78 is 24.1. The molecule has 5 heteroatoms. The van der Waals surface area contributed by atoms with Gasteiger partial charge in [0.15, 0.2) is 0 Å². The number of hydrogen-bond donors (Lipinski definition) is 2. The van der Waals surface area contributed by atoms with E-state index in [-0.39, 0.29) is 5.82 Å². The van der Waals surface area contributed by atoms with Gasteiger partial charge in [0.25, 0.3) is 0 Å². The summed E-state index contributed by atoms with van der Waals surface area (Å²) in [5.74, 6) is 0.634. The minimum atomic E-state index is -0.222. The van der Waals surface area contributed by atoms with E-state index < -0.39 is 0 Å². The van der Waals surface area contributed by atoms with Gasteiger partial charge >= 0.3 is 0 Å². The first-order valence-electron chi connectivity index (χ1n) is 8.99. The van der Waals surface area contributed by atoms with E-state index >= 15 is 0 Å². The normalized spacial score (nSPS) is 15.2. The molecule has 0 unspecified atom stereocenters. The SMILES string of the molecule is Fc1ccc(COc2cccc(C[NH2+]CC[NH+]3CCOCC3)c2)cc1. The summed E-state index contributed by atoms with van der Waals surface area (Å²) >= 11 is 0. The summed E-state index contributed by atoms with van der Waals surface area (Å²) in [6, 6.07) is 14.6. The van der Waals surface area contributed by atoms with Crippen molar-refractivity contribution in [2.24, 2.45) is 0 Å². The van der Waals surface area contributed by atoms with Crippen molar-refractivity contribution in [3.05, 3.63) is 65.5 Å². The number of hydrogen-bond acceptors (Lipinski definition) is 2. The van der Waals surface area contributed by atoms with Crippen LogP contribution in [0.25, 0.3) is 0 Å². The van der Waals surface area contributed by atoms with Gasteiger partial charge in [-0.3, -0.25) is 0 Å². The summed E-state index contributed by atoms with van der Waals surface area (Å²) in [4.78, 5) is 1.64. The van der Waals surface area contributed by atoms with Gasteiger partial charge in [0.2, 0.25) is 0 Å². The number of nitrogens with one attached hydrogen (secondary N) is 1. The second kappa shape index (κ2) is 9.51. The van der Waals surface area contributed by atoms with Gasteiger partial charge in [-0.15, -0.1) is 0 Å². The third kappa shape index (κ3) is 6.12. The van der Waals surface area contributed by atoms with E-state index in [9.17, 15) is 4.39 Å². The van der Waals surface area contributed by atoms with E-state index in [0.29, 0.717) is 6.61 Å². The number of morpholine rings is 1. The Kier molecular flexibility index (Phi) is 6.79. The molecule has 0 aliphatic carbocycles. The minimum Gasteiger partial charge on any atom is -0.489 e. The van der Waals surface area contributed by atoms with Crippen LogP contribution in [0.5, 0.6) is 5.75 Å². The van der Waals surface area contributed by atoms with Crippen molar-refractivity contribution >= 4 is 0 Å². The number of ether oxygens (including phenoxy) is 2. The monoisotopic (exact) mass is 346 g/mol. The molecule has 0 aromatic heterocycles.